The Hall–Kier alpha value is -2.76. The minimum atomic E-state index is -0.448. The lowest BCUT2D eigenvalue weighted by molar-refractivity contribution is -0.385. The predicted octanol–water partition coefficient (Wildman–Crippen LogP) is 4.49. The van der Waals surface area contributed by atoms with Gasteiger partial charge in [-0.05, 0) is 49.1 Å². The molecule has 6 nitrogen and oxygen atoms in total. The number of nitro groups is 1. The standard InChI is InChI=1S/C20H22N2O4/c1-26-20(23)12-14-2-4-15(5-3-14)16-6-8-17(9-7-16)19-11-10-18(13-21-19)22(24)25/h6-11,13-15H,2-5,12H2,1H3. The van der Waals surface area contributed by atoms with Crippen molar-refractivity contribution in [1.29, 1.82) is 0 Å². The third-order valence-corrected chi connectivity index (χ3v) is 5.17. The van der Waals surface area contributed by atoms with Crippen LogP contribution in [-0.2, 0) is 9.53 Å². The molecule has 1 aromatic heterocycles. The topological polar surface area (TPSA) is 82.3 Å². The van der Waals surface area contributed by atoms with Crippen molar-refractivity contribution in [2.24, 2.45) is 5.92 Å². The van der Waals surface area contributed by atoms with Crippen LogP contribution in [0.25, 0.3) is 11.3 Å². The van der Waals surface area contributed by atoms with E-state index in [1.807, 2.05) is 12.1 Å². The van der Waals surface area contributed by atoms with E-state index >= 15 is 0 Å². The summed E-state index contributed by atoms with van der Waals surface area (Å²) in [5.74, 6) is 0.832. The molecular formula is C20H22N2O4. The summed E-state index contributed by atoms with van der Waals surface area (Å²) in [5, 5.41) is 10.7. The SMILES string of the molecule is COC(=O)CC1CCC(c2ccc(-c3ccc([N+](=O)[O-])cn3)cc2)CC1. The van der Waals surface area contributed by atoms with Crippen LogP contribution in [0.15, 0.2) is 42.6 Å². The molecule has 0 atom stereocenters. The molecule has 136 valence electrons. The predicted molar refractivity (Wildman–Crippen MR) is 97.7 cm³/mol. The molecule has 1 aliphatic carbocycles. The van der Waals surface area contributed by atoms with Crippen molar-refractivity contribution in [3.8, 4) is 11.3 Å². The van der Waals surface area contributed by atoms with Gasteiger partial charge in [0, 0.05) is 18.1 Å². The van der Waals surface area contributed by atoms with Gasteiger partial charge in [-0.25, -0.2) is 4.98 Å². The van der Waals surface area contributed by atoms with E-state index < -0.39 is 4.92 Å². The maximum Gasteiger partial charge on any atom is 0.305 e. The maximum absolute atomic E-state index is 11.4. The molecule has 0 unspecified atom stereocenters. The Bertz CT molecular complexity index is 763. The Morgan fingerprint density at radius 3 is 2.38 bits per heavy atom. The fraction of sp³-hybridized carbons (Fsp3) is 0.400. The van der Waals surface area contributed by atoms with Gasteiger partial charge in [-0.3, -0.25) is 14.9 Å². The highest BCUT2D eigenvalue weighted by atomic mass is 16.6. The molecular weight excluding hydrogens is 332 g/mol. The molecule has 0 saturated heterocycles. The Morgan fingerprint density at radius 2 is 1.85 bits per heavy atom. The van der Waals surface area contributed by atoms with Crippen molar-refractivity contribution >= 4 is 11.7 Å². The first-order valence-corrected chi connectivity index (χ1v) is 8.84. The highest BCUT2D eigenvalue weighted by molar-refractivity contribution is 5.69. The summed E-state index contributed by atoms with van der Waals surface area (Å²) >= 11 is 0. The van der Waals surface area contributed by atoms with Gasteiger partial charge in [-0.1, -0.05) is 24.3 Å². The highest BCUT2D eigenvalue weighted by Crippen LogP contribution is 2.37. The molecule has 26 heavy (non-hydrogen) atoms. The van der Waals surface area contributed by atoms with Crippen molar-refractivity contribution in [3.05, 3.63) is 58.3 Å². The molecule has 2 aromatic rings. The minimum Gasteiger partial charge on any atom is -0.469 e. The quantitative estimate of drug-likeness (QED) is 0.449. The number of rotatable bonds is 5. The number of ether oxygens (including phenoxy) is 1. The number of carbonyl (C=O) groups is 1. The van der Waals surface area contributed by atoms with Gasteiger partial charge >= 0.3 is 5.97 Å². The van der Waals surface area contributed by atoms with Crippen LogP contribution in [0.5, 0.6) is 0 Å². The van der Waals surface area contributed by atoms with Crippen molar-refractivity contribution in [2.45, 2.75) is 38.0 Å². The fourth-order valence-corrected chi connectivity index (χ4v) is 3.61. The second-order valence-electron chi connectivity index (χ2n) is 6.78. The lowest BCUT2D eigenvalue weighted by Crippen LogP contribution is -2.17. The third-order valence-electron chi connectivity index (χ3n) is 5.17. The van der Waals surface area contributed by atoms with Gasteiger partial charge in [0.2, 0.25) is 0 Å². The van der Waals surface area contributed by atoms with E-state index in [2.05, 4.69) is 17.1 Å². The normalized spacial score (nSPS) is 19.7. The smallest absolute Gasteiger partial charge is 0.305 e. The number of benzene rings is 1. The van der Waals surface area contributed by atoms with E-state index in [-0.39, 0.29) is 11.7 Å². The zero-order chi connectivity index (χ0) is 18.5. The molecule has 0 N–H and O–H groups in total. The van der Waals surface area contributed by atoms with E-state index in [1.54, 1.807) is 6.07 Å². The summed E-state index contributed by atoms with van der Waals surface area (Å²) in [5.41, 5.74) is 2.97. The maximum atomic E-state index is 11.4. The Kier molecular flexibility index (Phi) is 5.61. The summed E-state index contributed by atoms with van der Waals surface area (Å²) < 4.78 is 4.76. The molecule has 0 radical (unpaired) electrons. The third kappa shape index (κ3) is 4.25. The molecule has 1 aliphatic rings. The van der Waals surface area contributed by atoms with Crippen LogP contribution in [0.4, 0.5) is 5.69 Å². The average Bonchev–Trinajstić information content (AvgIpc) is 2.68. The first kappa shape index (κ1) is 18.0. The van der Waals surface area contributed by atoms with Gasteiger partial charge < -0.3 is 4.74 Å². The number of pyridine rings is 1. The Balaban J connectivity index is 1.61. The van der Waals surface area contributed by atoms with Crippen molar-refractivity contribution in [3.63, 3.8) is 0 Å². The van der Waals surface area contributed by atoms with Crippen LogP contribution in [0.3, 0.4) is 0 Å². The molecule has 1 aromatic carbocycles. The monoisotopic (exact) mass is 354 g/mol. The van der Waals surface area contributed by atoms with Gasteiger partial charge in [0.05, 0.1) is 17.7 Å². The van der Waals surface area contributed by atoms with Crippen LogP contribution in [0.1, 0.15) is 43.6 Å². The zero-order valence-electron chi connectivity index (χ0n) is 14.8. The highest BCUT2D eigenvalue weighted by Gasteiger charge is 2.24. The Morgan fingerprint density at radius 1 is 1.15 bits per heavy atom. The van der Waals surface area contributed by atoms with Gasteiger partial charge in [-0.15, -0.1) is 0 Å². The number of hydrogen-bond donors (Lipinski definition) is 0. The van der Waals surface area contributed by atoms with Crippen molar-refractivity contribution < 1.29 is 14.5 Å². The molecule has 6 heteroatoms. The number of hydrogen-bond acceptors (Lipinski definition) is 5. The van der Waals surface area contributed by atoms with Crippen LogP contribution < -0.4 is 0 Å². The molecule has 1 heterocycles. The number of methoxy groups -OCH3 is 1. The molecule has 3 rings (SSSR count). The zero-order valence-corrected chi connectivity index (χ0v) is 14.8. The molecule has 1 fully saturated rings. The first-order valence-electron chi connectivity index (χ1n) is 8.84. The fourth-order valence-electron chi connectivity index (χ4n) is 3.61. The molecule has 0 aliphatic heterocycles. The number of carbonyl (C=O) groups excluding carboxylic acids is 1. The first-order chi connectivity index (χ1) is 12.6. The molecule has 0 bridgehead atoms. The molecule has 1 saturated carbocycles. The van der Waals surface area contributed by atoms with E-state index in [4.69, 9.17) is 4.74 Å². The number of esters is 1. The van der Waals surface area contributed by atoms with Crippen LogP contribution >= 0.6 is 0 Å². The second-order valence-corrected chi connectivity index (χ2v) is 6.78. The summed E-state index contributed by atoms with van der Waals surface area (Å²) in [7, 11) is 1.44. The van der Waals surface area contributed by atoms with E-state index in [9.17, 15) is 14.9 Å². The lowest BCUT2D eigenvalue weighted by Gasteiger charge is -2.28. The van der Waals surface area contributed by atoms with E-state index in [0.29, 0.717) is 18.3 Å². The molecule has 0 spiro atoms. The summed E-state index contributed by atoms with van der Waals surface area (Å²) in [6.07, 6.45) is 6.06. The van der Waals surface area contributed by atoms with Crippen molar-refractivity contribution in [2.75, 3.05) is 7.11 Å². The van der Waals surface area contributed by atoms with E-state index in [1.165, 1.54) is 24.9 Å². The minimum absolute atomic E-state index is 0.00548. The summed E-state index contributed by atoms with van der Waals surface area (Å²) in [6.45, 7) is 0. The average molecular weight is 354 g/mol. The van der Waals surface area contributed by atoms with E-state index in [0.717, 1.165) is 36.9 Å². The van der Waals surface area contributed by atoms with Crippen LogP contribution in [-0.4, -0.2) is 23.0 Å². The Labute approximate surface area is 152 Å². The lowest BCUT2D eigenvalue weighted by atomic mass is 9.77. The van der Waals surface area contributed by atoms with Gasteiger partial charge in [0.1, 0.15) is 6.20 Å². The van der Waals surface area contributed by atoms with Crippen LogP contribution in [0.2, 0.25) is 0 Å². The number of nitrogens with zero attached hydrogens (tertiary/aromatic N) is 2. The van der Waals surface area contributed by atoms with Gasteiger partial charge in [-0.2, -0.15) is 0 Å². The largest absolute Gasteiger partial charge is 0.469 e. The van der Waals surface area contributed by atoms with Crippen LogP contribution in [0, 0.1) is 16.0 Å². The summed E-state index contributed by atoms with van der Waals surface area (Å²) in [6, 6.07) is 11.4. The summed E-state index contributed by atoms with van der Waals surface area (Å²) in [4.78, 5) is 25.8. The number of aromatic nitrogens is 1. The van der Waals surface area contributed by atoms with Crippen molar-refractivity contribution in [1.82, 2.24) is 4.98 Å². The second kappa shape index (κ2) is 8.08. The van der Waals surface area contributed by atoms with Gasteiger partial charge in [0.25, 0.3) is 5.69 Å². The molecule has 0 amide bonds. The van der Waals surface area contributed by atoms with Gasteiger partial charge in [0.15, 0.2) is 0 Å².